The van der Waals surface area contributed by atoms with Crippen molar-refractivity contribution in [1.29, 1.82) is 0 Å². The lowest BCUT2D eigenvalue weighted by atomic mass is 10.2. The zero-order valence-electron chi connectivity index (χ0n) is 9.60. The van der Waals surface area contributed by atoms with Crippen LogP contribution in [0.5, 0.6) is 0 Å². The van der Waals surface area contributed by atoms with Crippen LogP contribution in [-0.4, -0.2) is 44.5 Å². The number of carboxylic acid groups (broad SMARTS) is 1. The molecule has 0 aromatic rings. The van der Waals surface area contributed by atoms with Gasteiger partial charge >= 0.3 is 5.97 Å². The SMILES string of the molecule is CCC[C@@H](NS(=O)(=O)CCOCC)C(=O)O. The lowest BCUT2D eigenvalue weighted by molar-refractivity contribution is -0.139. The number of sulfonamides is 1. The molecule has 16 heavy (non-hydrogen) atoms. The van der Waals surface area contributed by atoms with Crippen molar-refractivity contribution < 1.29 is 23.1 Å². The van der Waals surface area contributed by atoms with Gasteiger partial charge in [-0.25, -0.2) is 13.1 Å². The molecule has 2 N–H and O–H groups in total. The molecule has 0 spiro atoms. The number of nitrogens with one attached hydrogen (secondary N) is 1. The van der Waals surface area contributed by atoms with E-state index in [4.69, 9.17) is 9.84 Å². The first-order valence-electron chi connectivity index (χ1n) is 5.23. The van der Waals surface area contributed by atoms with Crippen LogP contribution in [-0.2, 0) is 19.6 Å². The summed E-state index contributed by atoms with van der Waals surface area (Å²) in [6.45, 7) is 4.07. The van der Waals surface area contributed by atoms with Gasteiger partial charge in [0.05, 0.1) is 12.4 Å². The molecule has 0 amide bonds. The minimum Gasteiger partial charge on any atom is -0.480 e. The summed E-state index contributed by atoms with van der Waals surface area (Å²) in [5.41, 5.74) is 0. The number of aliphatic carboxylic acids is 1. The molecule has 0 rings (SSSR count). The molecule has 0 aromatic carbocycles. The number of hydrogen-bond donors (Lipinski definition) is 2. The molecule has 0 fully saturated rings. The van der Waals surface area contributed by atoms with Crippen LogP contribution in [0.1, 0.15) is 26.7 Å². The van der Waals surface area contributed by atoms with E-state index in [2.05, 4.69) is 4.72 Å². The van der Waals surface area contributed by atoms with Crippen molar-refractivity contribution in [2.45, 2.75) is 32.7 Å². The average molecular weight is 253 g/mol. The second kappa shape index (κ2) is 7.59. The van der Waals surface area contributed by atoms with Gasteiger partial charge in [0, 0.05) is 6.61 Å². The topological polar surface area (TPSA) is 92.7 Å². The fraction of sp³-hybridized carbons (Fsp3) is 0.889. The molecule has 0 saturated carbocycles. The van der Waals surface area contributed by atoms with E-state index >= 15 is 0 Å². The summed E-state index contributed by atoms with van der Waals surface area (Å²) in [7, 11) is -3.58. The van der Waals surface area contributed by atoms with Gasteiger partial charge in [-0.2, -0.15) is 0 Å². The first-order chi connectivity index (χ1) is 7.43. The van der Waals surface area contributed by atoms with Gasteiger partial charge in [-0.3, -0.25) is 4.79 Å². The molecule has 0 radical (unpaired) electrons. The third-order valence-electron chi connectivity index (χ3n) is 1.90. The van der Waals surface area contributed by atoms with Crippen LogP contribution in [0.15, 0.2) is 0 Å². The van der Waals surface area contributed by atoms with Crippen molar-refractivity contribution in [3.05, 3.63) is 0 Å². The number of ether oxygens (including phenoxy) is 1. The fourth-order valence-corrected chi connectivity index (χ4v) is 2.22. The van der Waals surface area contributed by atoms with Gasteiger partial charge in [0.15, 0.2) is 0 Å². The van der Waals surface area contributed by atoms with Crippen LogP contribution in [0, 0.1) is 0 Å². The van der Waals surface area contributed by atoms with E-state index < -0.39 is 22.0 Å². The van der Waals surface area contributed by atoms with Crippen molar-refractivity contribution in [1.82, 2.24) is 4.72 Å². The molecule has 0 saturated heterocycles. The van der Waals surface area contributed by atoms with Gasteiger partial charge in [0.25, 0.3) is 0 Å². The van der Waals surface area contributed by atoms with Crippen molar-refractivity contribution >= 4 is 16.0 Å². The highest BCUT2D eigenvalue weighted by molar-refractivity contribution is 7.89. The normalized spacial score (nSPS) is 13.6. The molecule has 6 nitrogen and oxygen atoms in total. The third-order valence-corrected chi connectivity index (χ3v) is 3.25. The maximum atomic E-state index is 11.4. The zero-order chi connectivity index (χ0) is 12.6. The van der Waals surface area contributed by atoms with Gasteiger partial charge in [0.1, 0.15) is 6.04 Å². The largest absolute Gasteiger partial charge is 0.480 e. The van der Waals surface area contributed by atoms with Crippen molar-refractivity contribution in [3.63, 3.8) is 0 Å². The minimum atomic E-state index is -3.58. The lowest BCUT2D eigenvalue weighted by Gasteiger charge is -2.13. The zero-order valence-corrected chi connectivity index (χ0v) is 10.4. The van der Waals surface area contributed by atoms with E-state index in [9.17, 15) is 13.2 Å². The fourth-order valence-electron chi connectivity index (χ4n) is 1.11. The molecule has 96 valence electrons. The minimum absolute atomic E-state index is 0.0737. The molecule has 0 unspecified atom stereocenters. The molecule has 0 aliphatic heterocycles. The summed E-state index contributed by atoms with van der Waals surface area (Å²) in [5.74, 6) is -1.37. The predicted octanol–water partition coefficient (Wildman–Crippen LogP) is 0.196. The van der Waals surface area contributed by atoms with Gasteiger partial charge in [-0.1, -0.05) is 13.3 Å². The summed E-state index contributed by atoms with van der Waals surface area (Å²) in [5, 5.41) is 8.78. The Morgan fingerprint density at radius 3 is 2.50 bits per heavy atom. The number of rotatable bonds is 9. The van der Waals surface area contributed by atoms with Crippen LogP contribution in [0.3, 0.4) is 0 Å². The van der Waals surface area contributed by atoms with Crippen LogP contribution in [0.4, 0.5) is 0 Å². The standard InChI is InChI=1S/C9H19NO5S/c1-3-5-8(9(11)12)10-16(13,14)7-6-15-4-2/h8,10H,3-7H2,1-2H3,(H,11,12)/t8-/m1/s1. The Hall–Kier alpha value is -0.660. The third kappa shape index (κ3) is 6.76. The van der Waals surface area contributed by atoms with Gasteiger partial charge < -0.3 is 9.84 Å². The van der Waals surface area contributed by atoms with Crippen LogP contribution >= 0.6 is 0 Å². The first kappa shape index (κ1) is 15.3. The molecule has 0 bridgehead atoms. The van der Waals surface area contributed by atoms with E-state index in [1.165, 1.54) is 0 Å². The van der Waals surface area contributed by atoms with Crippen molar-refractivity contribution in [2.24, 2.45) is 0 Å². The Kier molecular flexibility index (Phi) is 7.27. The smallest absolute Gasteiger partial charge is 0.321 e. The van der Waals surface area contributed by atoms with Crippen LogP contribution in [0.25, 0.3) is 0 Å². The van der Waals surface area contributed by atoms with E-state index in [0.717, 1.165) is 0 Å². The van der Waals surface area contributed by atoms with E-state index in [0.29, 0.717) is 13.0 Å². The lowest BCUT2D eigenvalue weighted by Crippen LogP contribution is -2.42. The predicted molar refractivity (Wildman–Crippen MR) is 59.7 cm³/mol. The second-order valence-corrected chi connectivity index (χ2v) is 5.19. The molecule has 0 aliphatic carbocycles. The monoisotopic (exact) mass is 253 g/mol. The molecule has 0 aromatic heterocycles. The highest BCUT2D eigenvalue weighted by atomic mass is 32.2. The Labute approximate surface area is 96.0 Å². The number of carbonyl (C=O) groups is 1. The summed E-state index contributed by atoms with van der Waals surface area (Å²) in [6.07, 6.45) is 0.883. The molecule has 0 heterocycles. The Morgan fingerprint density at radius 1 is 1.44 bits per heavy atom. The van der Waals surface area contributed by atoms with Crippen molar-refractivity contribution in [2.75, 3.05) is 19.0 Å². The van der Waals surface area contributed by atoms with Crippen LogP contribution in [0.2, 0.25) is 0 Å². The molecule has 1 atom stereocenters. The maximum absolute atomic E-state index is 11.4. The Bertz CT molecular complexity index is 301. The maximum Gasteiger partial charge on any atom is 0.321 e. The summed E-state index contributed by atoms with van der Waals surface area (Å²) in [6, 6.07) is -1.04. The van der Waals surface area contributed by atoms with Crippen molar-refractivity contribution in [3.8, 4) is 0 Å². The summed E-state index contributed by atoms with van der Waals surface area (Å²) >= 11 is 0. The highest BCUT2D eigenvalue weighted by Crippen LogP contribution is 1.99. The highest BCUT2D eigenvalue weighted by Gasteiger charge is 2.22. The van der Waals surface area contributed by atoms with Gasteiger partial charge in [-0.05, 0) is 13.3 Å². The summed E-state index contributed by atoms with van der Waals surface area (Å²) < 4.78 is 29.9. The van der Waals surface area contributed by atoms with E-state index in [-0.39, 0.29) is 18.8 Å². The van der Waals surface area contributed by atoms with Crippen LogP contribution < -0.4 is 4.72 Å². The van der Waals surface area contributed by atoms with Gasteiger partial charge in [-0.15, -0.1) is 0 Å². The second-order valence-electron chi connectivity index (χ2n) is 3.31. The summed E-state index contributed by atoms with van der Waals surface area (Å²) in [4.78, 5) is 10.7. The molecular weight excluding hydrogens is 234 g/mol. The Morgan fingerprint density at radius 2 is 2.06 bits per heavy atom. The Balaban J connectivity index is 4.25. The quantitative estimate of drug-likeness (QED) is 0.572. The van der Waals surface area contributed by atoms with Gasteiger partial charge in [0.2, 0.25) is 10.0 Å². The van der Waals surface area contributed by atoms with E-state index in [1.807, 2.05) is 0 Å². The molecular formula is C9H19NO5S. The molecule has 0 aliphatic rings. The number of carboxylic acids is 1. The first-order valence-corrected chi connectivity index (χ1v) is 6.88. The molecule has 7 heteroatoms. The van der Waals surface area contributed by atoms with E-state index in [1.54, 1.807) is 13.8 Å². The average Bonchev–Trinajstić information content (AvgIpc) is 2.17. The number of hydrogen-bond acceptors (Lipinski definition) is 4.